The van der Waals surface area contributed by atoms with Crippen molar-refractivity contribution in [2.45, 2.75) is 52.2 Å². The van der Waals surface area contributed by atoms with E-state index < -0.39 is 6.10 Å². The van der Waals surface area contributed by atoms with Gasteiger partial charge in [0.05, 0.1) is 6.10 Å². The van der Waals surface area contributed by atoms with Gasteiger partial charge in [0.1, 0.15) is 5.82 Å². The Morgan fingerprint density at radius 1 is 1.33 bits per heavy atom. The van der Waals surface area contributed by atoms with E-state index in [1.54, 1.807) is 18.2 Å². The number of carbonyl (C=O) groups excluding carboxylic acids is 1. The average Bonchev–Trinajstić information content (AvgIpc) is 2.52. The first-order valence-electron chi connectivity index (χ1n) is 8.70. The third kappa shape index (κ3) is 5.56. The van der Waals surface area contributed by atoms with Gasteiger partial charge in [-0.2, -0.15) is 0 Å². The van der Waals surface area contributed by atoms with E-state index in [4.69, 9.17) is 0 Å². The molecule has 0 bridgehead atoms. The minimum Gasteiger partial charge on any atom is -0.387 e. The predicted octanol–water partition coefficient (Wildman–Crippen LogP) is 2.88. The van der Waals surface area contributed by atoms with Gasteiger partial charge >= 0.3 is 0 Å². The van der Waals surface area contributed by atoms with Crippen LogP contribution in [0.5, 0.6) is 0 Å². The summed E-state index contributed by atoms with van der Waals surface area (Å²) in [5.41, 5.74) is 0.332. The summed E-state index contributed by atoms with van der Waals surface area (Å²) in [7, 11) is 0. The molecule has 2 N–H and O–H groups in total. The Bertz CT molecular complexity index is 549. The van der Waals surface area contributed by atoms with Crippen molar-refractivity contribution in [1.82, 2.24) is 10.2 Å². The molecule has 1 heterocycles. The molecule has 0 saturated carbocycles. The number of nitrogens with one attached hydrogen (secondary N) is 1. The summed E-state index contributed by atoms with van der Waals surface area (Å²) in [5, 5.41) is 13.4. The molecule has 1 aromatic rings. The zero-order chi connectivity index (χ0) is 17.7. The number of hydrogen-bond acceptors (Lipinski definition) is 3. The van der Waals surface area contributed by atoms with Crippen molar-refractivity contribution >= 4 is 5.91 Å². The fraction of sp³-hybridized carbons (Fsp3) is 0.632. The smallest absolute Gasteiger partial charge is 0.223 e. The summed E-state index contributed by atoms with van der Waals surface area (Å²) in [6.45, 7) is 8.02. The molecule has 1 aromatic carbocycles. The molecule has 0 aliphatic carbocycles. The lowest BCUT2D eigenvalue weighted by Gasteiger charge is -2.34. The topological polar surface area (TPSA) is 52.6 Å². The molecule has 1 aliphatic rings. The molecule has 4 nitrogen and oxygen atoms in total. The van der Waals surface area contributed by atoms with Crippen LogP contribution in [0.25, 0.3) is 0 Å². The molecule has 0 aromatic heterocycles. The Balaban J connectivity index is 1.75. The van der Waals surface area contributed by atoms with Crippen LogP contribution in [0.4, 0.5) is 4.39 Å². The van der Waals surface area contributed by atoms with Crippen LogP contribution < -0.4 is 5.32 Å². The van der Waals surface area contributed by atoms with Crippen LogP contribution in [-0.2, 0) is 4.79 Å². The molecule has 5 heteroatoms. The van der Waals surface area contributed by atoms with E-state index in [9.17, 15) is 14.3 Å². The van der Waals surface area contributed by atoms with Crippen LogP contribution >= 0.6 is 0 Å². The monoisotopic (exact) mass is 336 g/mol. The number of halogens is 1. The summed E-state index contributed by atoms with van der Waals surface area (Å²) in [5.74, 6) is -0.165. The molecule has 24 heavy (non-hydrogen) atoms. The molecular formula is C19H29FN2O2. The number of rotatable bonds is 5. The fourth-order valence-corrected chi connectivity index (χ4v) is 3.03. The molecule has 0 spiro atoms. The minimum atomic E-state index is -0.855. The van der Waals surface area contributed by atoms with E-state index in [1.165, 1.54) is 6.07 Å². The number of likely N-dealkylation sites (tertiary alicyclic amines) is 1. The van der Waals surface area contributed by atoms with Crippen molar-refractivity contribution in [3.63, 3.8) is 0 Å². The molecule has 2 rings (SSSR count). The highest BCUT2D eigenvalue weighted by Gasteiger charge is 2.26. The van der Waals surface area contributed by atoms with Gasteiger partial charge in [-0.3, -0.25) is 4.79 Å². The number of benzene rings is 1. The summed E-state index contributed by atoms with van der Waals surface area (Å²) in [4.78, 5) is 14.2. The minimum absolute atomic E-state index is 0.00997. The molecule has 134 valence electrons. The van der Waals surface area contributed by atoms with E-state index >= 15 is 0 Å². The SMILES string of the molecule is CC(C)(C)CC(=O)N1CCC(NCC(O)c2ccccc2F)CC1. The number of carbonyl (C=O) groups is 1. The van der Waals surface area contributed by atoms with E-state index in [0.717, 1.165) is 25.9 Å². The lowest BCUT2D eigenvalue weighted by molar-refractivity contribution is -0.134. The van der Waals surface area contributed by atoms with Crippen LogP contribution in [0.1, 0.15) is 51.7 Å². The maximum absolute atomic E-state index is 13.6. The van der Waals surface area contributed by atoms with Crippen LogP contribution in [-0.4, -0.2) is 41.6 Å². The number of piperidine rings is 1. The third-order valence-electron chi connectivity index (χ3n) is 4.39. The predicted molar refractivity (Wildman–Crippen MR) is 93.0 cm³/mol. The molecule has 0 radical (unpaired) electrons. The first kappa shape index (κ1) is 18.9. The second-order valence-electron chi connectivity index (χ2n) is 7.84. The van der Waals surface area contributed by atoms with Gasteiger partial charge in [0.25, 0.3) is 0 Å². The normalized spacial score (nSPS) is 17.8. The average molecular weight is 336 g/mol. The molecule has 1 fully saturated rings. The number of aliphatic hydroxyl groups is 1. The fourth-order valence-electron chi connectivity index (χ4n) is 3.03. The number of amides is 1. The highest BCUT2D eigenvalue weighted by Crippen LogP contribution is 2.22. The Morgan fingerprint density at radius 2 is 1.96 bits per heavy atom. The van der Waals surface area contributed by atoms with Gasteiger partial charge in [0.2, 0.25) is 5.91 Å². The molecule has 1 unspecified atom stereocenters. The number of aliphatic hydroxyl groups excluding tert-OH is 1. The van der Waals surface area contributed by atoms with E-state index in [2.05, 4.69) is 26.1 Å². The number of hydrogen-bond donors (Lipinski definition) is 2. The van der Waals surface area contributed by atoms with Crippen LogP contribution in [0.3, 0.4) is 0 Å². The largest absolute Gasteiger partial charge is 0.387 e. The van der Waals surface area contributed by atoms with Gasteiger partial charge in [-0.25, -0.2) is 4.39 Å². The molecule has 1 amide bonds. The number of nitrogens with zero attached hydrogens (tertiary/aromatic N) is 1. The van der Waals surface area contributed by atoms with E-state index in [0.29, 0.717) is 18.5 Å². The maximum Gasteiger partial charge on any atom is 0.223 e. The highest BCUT2D eigenvalue weighted by atomic mass is 19.1. The summed E-state index contributed by atoms with van der Waals surface area (Å²) in [6.07, 6.45) is 1.43. The van der Waals surface area contributed by atoms with Gasteiger partial charge in [-0.05, 0) is 24.3 Å². The quantitative estimate of drug-likeness (QED) is 0.869. The van der Waals surface area contributed by atoms with Crippen LogP contribution in [0.2, 0.25) is 0 Å². The van der Waals surface area contributed by atoms with Crippen LogP contribution in [0, 0.1) is 11.2 Å². The van der Waals surface area contributed by atoms with E-state index in [1.807, 2.05) is 4.90 Å². The van der Waals surface area contributed by atoms with Gasteiger partial charge < -0.3 is 15.3 Å². The molecular weight excluding hydrogens is 307 g/mol. The Hall–Kier alpha value is -1.46. The van der Waals surface area contributed by atoms with Crippen molar-refractivity contribution in [3.8, 4) is 0 Å². The summed E-state index contributed by atoms with van der Waals surface area (Å²) < 4.78 is 13.6. The van der Waals surface area contributed by atoms with Gasteiger partial charge in [-0.15, -0.1) is 0 Å². The Kier molecular flexibility index (Phi) is 6.35. The van der Waals surface area contributed by atoms with Crippen LogP contribution in [0.15, 0.2) is 24.3 Å². The van der Waals surface area contributed by atoms with Gasteiger partial charge in [-0.1, -0.05) is 39.0 Å². The second kappa shape index (κ2) is 8.08. The Morgan fingerprint density at radius 3 is 2.54 bits per heavy atom. The zero-order valence-electron chi connectivity index (χ0n) is 14.9. The zero-order valence-corrected chi connectivity index (χ0v) is 14.9. The molecule has 1 aliphatic heterocycles. The van der Waals surface area contributed by atoms with Crippen molar-refractivity contribution in [2.75, 3.05) is 19.6 Å². The van der Waals surface area contributed by atoms with Crippen molar-refractivity contribution in [3.05, 3.63) is 35.6 Å². The maximum atomic E-state index is 13.6. The van der Waals surface area contributed by atoms with Gasteiger partial charge in [0.15, 0.2) is 0 Å². The van der Waals surface area contributed by atoms with Crippen molar-refractivity contribution in [2.24, 2.45) is 5.41 Å². The van der Waals surface area contributed by atoms with Crippen molar-refractivity contribution < 1.29 is 14.3 Å². The van der Waals surface area contributed by atoms with Gasteiger partial charge in [0, 0.05) is 37.7 Å². The highest BCUT2D eigenvalue weighted by molar-refractivity contribution is 5.76. The second-order valence-corrected chi connectivity index (χ2v) is 7.84. The lowest BCUT2D eigenvalue weighted by Crippen LogP contribution is -2.46. The summed E-state index contributed by atoms with van der Waals surface area (Å²) >= 11 is 0. The molecule has 1 atom stereocenters. The third-order valence-corrected chi connectivity index (χ3v) is 4.39. The summed E-state index contributed by atoms with van der Waals surface area (Å²) in [6, 6.07) is 6.56. The first-order chi connectivity index (χ1) is 11.3. The van der Waals surface area contributed by atoms with E-state index in [-0.39, 0.29) is 23.2 Å². The van der Waals surface area contributed by atoms with Crippen molar-refractivity contribution in [1.29, 1.82) is 0 Å². The Labute approximate surface area is 144 Å². The lowest BCUT2D eigenvalue weighted by atomic mass is 9.91. The standard InChI is InChI=1S/C19H29FN2O2/c1-19(2,3)12-18(24)22-10-8-14(9-11-22)21-13-17(23)15-6-4-5-7-16(15)20/h4-7,14,17,21,23H,8-13H2,1-3H3. The molecule has 1 saturated heterocycles. The first-order valence-corrected chi connectivity index (χ1v) is 8.70.